The van der Waals surface area contributed by atoms with Gasteiger partial charge in [-0.15, -0.1) is 0 Å². The third-order valence-electron chi connectivity index (χ3n) is 5.36. The number of nitrogens with one attached hydrogen (secondary N) is 1. The topological polar surface area (TPSA) is 198 Å². The minimum Gasteiger partial charge on any atom is -0.481 e. The SMILES string of the molecule is Cc1c(CN(C)c2ccc(C(=O)NC(CCC(=O)O)C(=O)O)cc2)cnc2nc(N)nc(N)c12. The number of anilines is 3. The Morgan fingerprint density at radius 1 is 1.12 bits per heavy atom. The number of carbonyl (C=O) groups excluding carboxylic acids is 1. The lowest BCUT2D eigenvalue weighted by molar-refractivity contribution is -0.140. The number of carbonyl (C=O) groups is 3. The number of rotatable bonds is 9. The van der Waals surface area contributed by atoms with Crippen LogP contribution in [0.1, 0.15) is 34.3 Å². The normalized spacial score (nSPS) is 11.7. The number of nitrogens with zero attached hydrogens (tertiary/aromatic N) is 4. The molecule has 0 spiro atoms. The summed E-state index contributed by atoms with van der Waals surface area (Å²) in [5.74, 6) is -2.71. The van der Waals surface area contributed by atoms with Gasteiger partial charge in [-0.05, 0) is 48.7 Å². The first-order valence-electron chi connectivity index (χ1n) is 10.3. The quantitative estimate of drug-likeness (QED) is 0.303. The van der Waals surface area contributed by atoms with Crippen LogP contribution >= 0.6 is 0 Å². The van der Waals surface area contributed by atoms with Crippen molar-refractivity contribution in [2.24, 2.45) is 0 Å². The van der Waals surface area contributed by atoms with E-state index in [-0.39, 0.29) is 30.2 Å². The lowest BCUT2D eigenvalue weighted by atomic mass is 10.1. The van der Waals surface area contributed by atoms with Gasteiger partial charge in [0.15, 0.2) is 5.65 Å². The van der Waals surface area contributed by atoms with Crippen LogP contribution in [-0.2, 0) is 16.1 Å². The smallest absolute Gasteiger partial charge is 0.326 e. The molecule has 34 heavy (non-hydrogen) atoms. The number of aryl methyl sites for hydroxylation is 1. The molecule has 1 aromatic carbocycles. The molecule has 0 fully saturated rings. The van der Waals surface area contributed by atoms with E-state index in [9.17, 15) is 19.5 Å². The van der Waals surface area contributed by atoms with Crippen molar-refractivity contribution in [2.45, 2.75) is 32.4 Å². The molecule has 0 saturated heterocycles. The molecule has 7 N–H and O–H groups in total. The highest BCUT2D eigenvalue weighted by molar-refractivity contribution is 5.97. The third-order valence-corrected chi connectivity index (χ3v) is 5.36. The Labute approximate surface area is 194 Å². The zero-order chi connectivity index (χ0) is 25.0. The van der Waals surface area contributed by atoms with Crippen molar-refractivity contribution in [1.82, 2.24) is 20.3 Å². The minimum absolute atomic E-state index is 0.0578. The number of carboxylic acid groups (broad SMARTS) is 2. The van der Waals surface area contributed by atoms with Crippen LogP contribution < -0.4 is 21.7 Å². The maximum Gasteiger partial charge on any atom is 0.326 e. The summed E-state index contributed by atoms with van der Waals surface area (Å²) in [4.78, 5) is 48.8. The molecular weight excluding hydrogens is 442 g/mol. The first-order valence-corrected chi connectivity index (χ1v) is 10.3. The summed E-state index contributed by atoms with van der Waals surface area (Å²) < 4.78 is 0. The van der Waals surface area contributed by atoms with Gasteiger partial charge in [0, 0.05) is 37.5 Å². The van der Waals surface area contributed by atoms with E-state index in [0.717, 1.165) is 16.8 Å². The molecule has 0 saturated carbocycles. The van der Waals surface area contributed by atoms with E-state index in [0.29, 0.717) is 17.6 Å². The average Bonchev–Trinajstić information content (AvgIpc) is 2.77. The number of amides is 1. The number of fused-ring (bicyclic) bond motifs is 1. The second kappa shape index (κ2) is 9.98. The van der Waals surface area contributed by atoms with Gasteiger partial charge in [-0.2, -0.15) is 9.97 Å². The highest BCUT2D eigenvalue weighted by Crippen LogP contribution is 2.25. The summed E-state index contributed by atoms with van der Waals surface area (Å²) in [5.41, 5.74) is 14.9. The Bertz CT molecular complexity index is 1250. The van der Waals surface area contributed by atoms with Crippen LogP contribution in [0.2, 0.25) is 0 Å². The molecule has 0 radical (unpaired) electrons. The first kappa shape index (κ1) is 24.2. The standard InChI is InChI=1S/C22H25N7O5/c1-11-13(9-25-19-17(11)18(23)27-22(24)28-19)10-29(2)14-5-3-12(4-6-14)20(32)26-15(21(33)34)7-8-16(30)31/h3-6,9,15H,7-8,10H2,1-2H3,(H,26,32)(H,30,31)(H,33,34)(H4,23,24,25,27,28). The molecule has 12 heteroatoms. The van der Waals surface area contributed by atoms with Crippen LogP contribution in [0.3, 0.4) is 0 Å². The van der Waals surface area contributed by atoms with Gasteiger partial charge >= 0.3 is 11.9 Å². The van der Waals surface area contributed by atoms with E-state index in [1.54, 1.807) is 30.5 Å². The lowest BCUT2D eigenvalue weighted by Gasteiger charge is -2.21. The highest BCUT2D eigenvalue weighted by Gasteiger charge is 2.21. The Morgan fingerprint density at radius 2 is 1.79 bits per heavy atom. The van der Waals surface area contributed by atoms with E-state index < -0.39 is 23.9 Å². The summed E-state index contributed by atoms with van der Waals surface area (Å²) in [7, 11) is 1.87. The van der Waals surface area contributed by atoms with Crippen molar-refractivity contribution in [3.8, 4) is 0 Å². The van der Waals surface area contributed by atoms with Gasteiger partial charge in [-0.25, -0.2) is 9.78 Å². The zero-order valence-electron chi connectivity index (χ0n) is 18.6. The number of carboxylic acids is 2. The van der Waals surface area contributed by atoms with Crippen molar-refractivity contribution in [2.75, 3.05) is 23.4 Å². The third kappa shape index (κ3) is 5.46. The van der Waals surface area contributed by atoms with Crippen LogP contribution in [0.15, 0.2) is 30.5 Å². The average molecular weight is 467 g/mol. The number of aromatic nitrogens is 3. The van der Waals surface area contributed by atoms with Gasteiger partial charge < -0.3 is 31.9 Å². The fourth-order valence-electron chi connectivity index (χ4n) is 3.47. The summed E-state index contributed by atoms with van der Waals surface area (Å²) in [6, 6.07) is 5.30. The summed E-state index contributed by atoms with van der Waals surface area (Å²) in [5, 5.41) is 21.0. The molecular formula is C22H25N7O5. The first-order chi connectivity index (χ1) is 16.1. The van der Waals surface area contributed by atoms with Crippen LogP contribution in [0.5, 0.6) is 0 Å². The maximum absolute atomic E-state index is 12.4. The van der Waals surface area contributed by atoms with Crippen molar-refractivity contribution in [1.29, 1.82) is 0 Å². The molecule has 3 aromatic rings. The monoisotopic (exact) mass is 467 g/mol. The van der Waals surface area contributed by atoms with E-state index in [1.165, 1.54) is 0 Å². The summed E-state index contributed by atoms with van der Waals surface area (Å²) in [6.07, 6.45) is 1.12. The minimum atomic E-state index is -1.29. The molecule has 0 aliphatic carbocycles. The highest BCUT2D eigenvalue weighted by atomic mass is 16.4. The second-order valence-corrected chi connectivity index (χ2v) is 7.77. The molecule has 0 aliphatic heterocycles. The Kier molecular flexibility index (Phi) is 7.09. The second-order valence-electron chi connectivity index (χ2n) is 7.77. The molecule has 2 heterocycles. The van der Waals surface area contributed by atoms with Gasteiger partial charge in [-0.3, -0.25) is 9.59 Å². The molecule has 178 valence electrons. The van der Waals surface area contributed by atoms with Gasteiger partial charge in [-0.1, -0.05) is 0 Å². The van der Waals surface area contributed by atoms with Crippen molar-refractivity contribution in [3.63, 3.8) is 0 Å². The summed E-state index contributed by atoms with van der Waals surface area (Å²) in [6.45, 7) is 2.39. The molecule has 1 unspecified atom stereocenters. The zero-order valence-corrected chi connectivity index (χ0v) is 18.6. The van der Waals surface area contributed by atoms with Crippen molar-refractivity contribution >= 4 is 46.3 Å². The number of benzene rings is 1. The number of aliphatic carboxylic acids is 2. The summed E-state index contributed by atoms with van der Waals surface area (Å²) >= 11 is 0. The Balaban J connectivity index is 1.72. The molecule has 1 amide bonds. The van der Waals surface area contributed by atoms with E-state index >= 15 is 0 Å². The maximum atomic E-state index is 12.4. The van der Waals surface area contributed by atoms with Gasteiger partial charge in [0.2, 0.25) is 5.95 Å². The van der Waals surface area contributed by atoms with Gasteiger partial charge in [0.25, 0.3) is 5.91 Å². The van der Waals surface area contributed by atoms with Crippen molar-refractivity contribution < 1.29 is 24.6 Å². The van der Waals surface area contributed by atoms with E-state index in [2.05, 4.69) is 20.3 Å². The fraction of sp³-hybridized carbons (Fsp3) is 0.273. The number of hydrogen-bond donors (Lipinski definition) is 5. The fourth-order valence-corrected chi connectivity index (χ4v) is 3.47. The van der Waals surface area contributed by atoms with E-state index in [1.807, 2.05) is 18.9 Å². The lowest BCUT2D eigenvalue weighted by Crippen LogP contribution is -2.41. The van der Waals surface area contributed by atoms with Crippen LogP contribution in [0.4, 0.5) is 17.5 Å². The van der Waals surface area contributed by atoms with Crippen molar-refractivity contribution in [3.05, 3.63) is 47.2 Å². The number of nitrogens with two attached hydrogens (primary N) is 2. The molecule has 1 atom stereocenters. The predicted octanol–water partition coefficient (Wildman–Crippen LogP) is 1.18. The van der Waals surface area contributed by atoms with Crippen LogP contribution in [-0.4, -0.2) is 56.1 Å². The Morgan fingerprint density at radius 3 is 2.41 bits per heavy atom. The number of hydrogen-bond acceptors (Lipinski definition) is 9. The number of nitrogen functional groups attached to an aromatic ring is 2. The predicted molar refractivity (Wildman–Crippen MR) is 125 cm³/mol. The number of pyridine rings is 1. The van der Waals surface area contributed by atoms with Crippen LogP contribution in [0.25, 0.3) is 11.0 Å². The Hall–Kier alpha value is -4.48. The van der Waals surface area contributed by atoms with E-state index in [4.69, 9.17) is 16.6 Å². The largest absolute Gasteiger partial charge is 0.481 e. The van der Waals surface area contributed by atoms with Gasteiger partial charge in [0.1, 0.15) is 11.9 Å². The molecule has 0 aliphatic rings. The van der Waals surface area contributed by atoms with Gasteiger partial charge in [0.05, 0.1) is 5.39 Å². The molecule has 12 nitrogen and oxygen atoms in total. The molecule has 0 bridgehead atoms. The van der Waals surface area contributed by atoms with Crippen LogP contribution in [0, 0.1) is 6.92 Å². The molecule has 2 aromatic heterocycles. The molecule has 3 rings (SSSR count).